The van der Waals surface area contributed by atoms with Crippen molar-refractivity contribution in [2.75, 3.05) is 0 Å². The largest absolute Gasteiger partial charge is 0.507 e. The van der Waals surface area contributed by atoms with Crippen molar-refractivity contribution in [1.82, 2.24) is 0 Å². The van der Waals surface area contributed by atoms with Crippen molar-refractivity contribution in [2.24, 2.45) is 11.7 Å². The zero-order valence-electron chi connectivity index (χ0n) is 19.8. The Balaban J connectivity index is 1.63. The number of carbonyl (C=O) groups is 2. The Morgan fingerprint density at radius 1 is 1.06 bits per heavy atom. The number of ketones is 2. The van der Waals surface area contributed by atoms with E-state index in [2.05, 4.69) is 0 Å². The van der Waals surface area contributed by atoms with Crippen LogP contribution in [0.15, 0.2) is 24.3 Å². The molecule has 0 radical (unpaired) electrons. The van der Waals surface area contributed by atoms with Crippen molar-refractivity contribution >= 4 is 11.6 Å². The number of phenols is 2. The maximum absolute atomic E-state index is 13.4. The van der Waals surface area contributed by atoms with Crippen molar-refractivity contribution in [1.29, 1.82) is 0 Å². The van der Waals surface area contributed by atoms with Crippen LogP contribution in [-0.2, 0) is 11.2 Å². The predicted molar refractivity (Wildman–Crippen MR) is 127 cm³/mol. The average Bonchev–Trinajstić information content (AvgIpc) is 2.82. The minimum Gasteiger partial charge on any atom is -0.507 e. The molecule has 5 rings (SSSR count). The summed E-state index contributed by atoms with van der Waals surface area (Å²) in [5, 5.41) is 43.3. The molecule has 0 spiro atoms. The second kappa shape index (κ2) is 8.71. The lowest BCUT2D eigenvalue weighted by Gasteiger charge is -2.40. The lowest BCUT2D eigenvalue weighted by atomic mass is 9.69. The molecule has 2 aromatic rings. The van der Waals surface area contributed by atoms with Gasteiger partial charge in [-0.25, -0.2) is 0 Å². The normalized spacial score (nSPS) is 30.9. The van der Waals surface area contributed by atoms with Gasteiger partial charge in [-0.2, -0.15) is 0 Å². The minimum absolute atomic E-state index is 0.171. The van der Waals surface area contributed by atoms with Crippen molar-refractivity contribution in [3.05, 3.63) is 57.6 Å². The molecule has 3 aliphatic rings. The SMILES string of the molecule is CC(O)C1Cc2c(O)c3c(c(O)c2C(C[C@H]2C[C@H](N)[C@@H](O)[C@@H](C)O2)C1)C(=O)c1ccccc1C3=O. The number of hydrogen-bond donors (Lipinski definition) is 5. The fraction of sp³-hybridized carbons (Fsp3) is 0.481. The first-order chi connectivity index (χ1) is 16.6. The average molecular weight is 482 g/mol. The molecule has 8 nitrogen and oxygen atoms in total. The molecule has 186 valence electrons. The first-order valence-corrected chi connectivity index (χ1v) is 12.2. The molecule has 2 aliphatic carbocycles. The van der Waals surface area contributed by atoms with E-state index < -0.39 is 35.9 Å². The first-order valence-electron chi connectivity index (χ1n) is 12.2. The molecule has 1 aliphatic heterocycles. The summed E-state index contributed by atoms with van der Waals surface area (Å²) in [6.45, 7) is 3.43. The van der Waals surface area contributed by atoms with Gasteiger partial charge in [0.2, 0.25) is 0 Å². The number of ether oxygens (including phenoxy) is 1. The summed E-state index contributed by atoms with van der Waals surface area (Å²) >= 11 is 0. The summed E-state index contributed by atoms with van der Waals surface area (Å²) in [5.74, 6) is -2.18. The molecule has 0 amide bonds. The van der Waals surface area contributed by atoms with Gasteiger partial charge in [0.15, 0.2) is 11.6 Å². The second-order valence-corrected chi connectivity index (χ2v) is 10.3. The van der Waals surface area contributed by atoms with Crippen LogP contribution in [0.5, 0.6) is 11.5 Å². The van der Waals surface area contributed by atoms with Gasteiger partial charge in [-0.05, 0) is 51.4 Å². The Kier molecular flexibility index (Phi) is 5.96. The van der Waals surface area contributed by atoms with Gasteiger partial charge in [0, 0.05) is 28.3 Å². The summed E-state index contributed by atoms with van der Waals surface area (Å²) in [4.78, 5) is 26.7. The third-order valence-corrected chi connectivity index (χ3v) is 8.01. The van der Waals surface area contributed by atoms with E-state index >= 15 is 0 Å². The van der Waals surface area contributed by atoms with E-state index in [0.717, 1.165) is 0 Å². The van der Waals surface area contributed by atoms with Crippen molar-refractivity contribution in [3.63, 3.8) is 0 Å². The number of aromatic hydroxyl groups is 2. The molecule has 35 heavy (non-hydrogen) atoms. The first kappa shape index (κ1) is 23.9. The minimum atomic E-state index is -0.775. The highest BCUT2D eigenvalue weighted by Gasteiger charge is 2.43. The summed E-state index contributed by atoms with van der Waals surface area (Å²) in [6.07, 6.45) is -0.629. The maximum Gasteiger partial charge on any atom is 0.198 e. The van der Waals surface area contributed by atoms with Crippen LogP contribution in [0.2, 0.25) is 0 Å². The van der Waals surface area contributed by atoms with Crippen LogP contribution < -0.4 is 5.73 Å². The van der Waals surface area contributed by atoms with Gasteiger partial charge in [0.05, 0.1) is 35.5 Å². The molecule has 0 aromatic heterocycles. The molecule has 1 saturated heterocycles. The Hall–Kier alpha value is -2.78. The van der Waals surface area contributed by atoms with Crippen LogP contribution in [-0.4, -0.2) is 62.5 Å². The molecule has 0 saturated carbocycles. The standard InChI is InChI=1S/C27H31NO7/c1-11(29)13-7-14(8-15-10-19(28)23(30)12(2)35-15)20-18(9-13)26(33)21-22(27(20)34)25(32)17-6-4-3-5-16(17)24(21)31/h3-6,11-15,19,23,29-30,33-34H,7-10,28H2,1-2H3/t11?,12-,13?,14?,15+,19+,23+/m1/s1. The quantitative estimate of drug-likeness (QED) is 0.357. The van der Waals surface area contributed by atoms with E-state index in [1.165, 1.54) is 6.07 Å². The highest BCUT2D eigenvalue weighted by molar-refractivity contribution is 6.30. The summed E-state index contributed by atoms with van der Waals surface area (Å²) < 4.78 is 5.99. The fourth-order valence-corrected chi connectivity index (χ4v) is 6.14. The molecule has 8 heteroatoms. The molecular weight excluding hydrogens is 450 g/mol. The molecular formula is C27H31NO7. The number of aliphatic hydroxyl groups is 2. The Labute approximate surface area is 203 Å². The number of hydrogen-bond acceptors (Lipinski definition) is 8. The van der Waals surface area contributed by atoms with Crippen LogP contribution in [0.4, 0.5) is 0 Å². The number of rotatable bonds is 3. The Morgan fingerprint density at radius 3 is 2.23 bits per heavy atom. The molecule has 3 unspecified atom stereocenters. The van der Waals surface area contributed by atoms with Gasteiger partial charge in [0.1, 0.15) is 11.5 Å². The zero-order chi connectivity index (χ0) is 25.2. The zero-order valence-corrected chi connectivity index (χ0v) is 19.8. The summed E-state index contributed by atoms with van der Waals surface area (Å²) in [7, 11) is 0. The van der Waals surface area contributed by atoms with E-state index in [4.69, 9.17) is 10.5 Å². The van der Waals surface area contributed by atoms with E-state index in [1.807, 2.05) is 0 Å². The third kappa shape index (κ3) is 3.76. The van der Waals surface area contributed by atoms with Gasteiger partial charge in [-0.15, -0.1) is 0 Å². The van der Waals surface area contributed by atoms with Crippen LogP contribution in [0.25, 0.3) is 0 Å². The Morgan fingerprint density at radius 2 is 1.66 bits per heavy atom. The number of aliphatic hydroxyl groups excluding tert-OH is 2. The number of carbonyl (C=O) groups excluding carboxylic acids is 2. The third-order valence-electron chi connectivity index (χ3n) is 8.01. The smallest absolute Gasteiger partial charge is 0.198 e. The monoisotopic (exact) mass is 481 g/mol. The van der Waals surface area contributed by atoms with Crippen molar-refractivity contribution in [2.45, 2.75) is 75.9 Å². The number of phenolic OH excluding ortho intramolecular Hbond substituents is 2. The van der Waals surface area contributed by atoms with Crippen LogP contribution >= 0.6 is 0 Å². The van der Waals surface area contributed by atoms with Crippen LogP contribution in [0, 0.1) is 5.92 Å². The van der Waals surface area contributed by atoms with Gasteiger partial charge in [-0.3, -0.25) is 9.59 Å². The fourth-order valence-electron chi connectivity index (χ4n) is 6.14. The lowest BCUT2D eigenvalue weighted by molar-refractivity contribution is -0.121. The number of benzene rings is 2. The van der Waals surface area contributed by atoms with Crippen LogP contribution in [0.1, 0.15) is 82.0 Å². The van der Waals surface area contributed by atoms with Gasteiger partial charge in [0.25, 0.3) is 0 Å². The molecule has 6 N–H and O–H groups in total. The summed E-state index contributed by atoms with van der Waals surface area (Å²) in [6, 6.07) is 5.92. The van der Waals surface area contributed by atoms with Gasteiger partial charge < -0.3 is 30.9 Å². The van der Waals surface area contributed by atoms with Crippen LogP contribution in [0.3, 0.4) is 0 Å². The summed E-state index contributed by atoms with van der Waals surface area (Å²) in [5.41, 5.74) is 6.96. The van der Waals surface area contributed by atoms with E-state index in [9.17, 15) is 30.0 Å². The topological polar surface area (TPSA) is 150 Å². The van der Waals surface area contributed by atoms with Gasteiger partial charge >= 0.3 is 0 Å². The molecule has 7 atom stereocenters. The number of fused-ring (bicyclic) bond motifs is 3. The van der Waals surface area contributed by atoms with Gasteiger partial charge in [-0.1, -0.05) is 24.3 Å². The highest BCUT2D eigenvalue weighted by atomic mass is 16.5. The predicted octanol–water partition coefficient (Wildman–Crippen LogP) is 2.16. The lowest BCUT2D eigenvalue weighted by Crippen LogP contribution is -2.51. The van der Waals surface area contributed by atoms with E-state index in [1.54, 1.807) is 32.0 Å². The number of nitrogens with two attached hydrogens (primary N) is 1. The van der Waals surface area contributed by atoms with Crippen molar-refractivity contribution < 1.29 is 34.8 Å². The Bertz CT molecular complexity index is 1190. The molecule has 2 aromatic carbocycles. The second-order valence-electron chi connectivity index (χ2n) is 10.3. The molecule has 0 bridgehead atoms. The van der Waals surface area contributed by atoms with Crippen molar-refractivity contribution in [3.8, 4) is 11.5 Å². The maximum atomic E-state index is 13.4. The van der Waals surface area contributed by atoms with E-state index in [0.29, 0.717) is 30.4 Å². The highest BCUT2D eigenvalue weighted by Crippen LogP contribution is 2.52. The molecule has 1 fully saturated rings. The molecule has 1 heterocycles. The van der Waals surface area contributed by atoms with E-state index in [-0.39, 0.29) is 58.1 Å².